The van der Waals surface area contributed by atoms with Gasteiger partial charge in [-0.1, -0.05) is 6.07 Å². The third-order valence-electron chi connectivity index (χ3n) is 2.63. The molecule has 0 spiro atoms. The second-order valence-corrected chi connectivity index (χ2v) is 4.33. The van der Waals surface area contributed by atoms with Crippen LogP contribution in [0.3, 0.4) is 0 Å². The Morgan fingerprint density at radius 2 is 2.12 bits per heavy atom. The molecule has 0 aliphatic heterocycles. The van der Waals surface area contributed by atoms with Crippen LogP contribution in [0.1, 0.15) is 18.9 Å². The summed E-state index contributed by atoms with van der Waals surface area (Å²) in [6.45, 7) is 1.73. The summed E-state index contributed by atoms with van der Waals surface area (Å²) in [5.41, 5.74) is 5.61. The largest absolute Gasteiger partial charge is 0.390 e. The topological polar surface area (TPSA) is 77.6 Å². The third kappa shape index (κ3) is 4.30. The Morgan fingerprint density at radius 1 is 1.47 bits per heavy atom. The van der Waals surface area contributed by atoms with Crippen LogP contribution in [0.2, 0.25) is 0 Å². The van der Waals surface area contributed by atoms with E-state index in [0.29, 0.717) is 18.7 Å². The van der Waals surface area contributed by atoms with Crippen molar-refractivity contribution in [3.05, 3.63) is 23.9 Å². The van der Waals surface area contributed by atoms with Gasteiger partial charge in [-0.2, -0.15) is 0 Å². The maximum absolute atomic E-state index is 10.3. The number of ether oxygens (including phenoxy) is 2. The summed E-state index contributed by atoms with van der Waals surface area (Å²) in [6.07, 6.45) is 1.98. The number of aliphatic hydroxyl groups is 1. The molecule has 0 saturated heterocycles. The maximum atomic E-state index is 10.3. The molecular weight excluding hydrogens is 220 g/mol. The smallest absolute Gasteiger partial charge is 0.159 e. The monoisotopic (exact) mass is 240 g/mol. The average molecular weight is 240 g/mol. The minimum atomic E-state index is -0.951. The van der Waals surface area contributed by atoms with Crippen molar-refractivity contribution in [2.24, 2.45) is 0 Å². The zero-order valence-corrected chi connectivity index (χ0v) is 10.5. The summed E-state index contributed by atoms with van der Waals surface area (Å²) in [4.78, 5) is 3.99. The predicted molar refractivity (Wildman–Crippen MR) is 65.4 cm³/mol. The van der Waals surface area contributed by atoms with E-state index in [1.54, 1.807) is 33.4 Å². The number of methoxy groups -OCH3 is 2. The van der Waals surface area contributed by atoms with Gasteiger partial charge in [0, 0.05) is 33.3 Å². The second-order valence-electron chi connectivity index (χ2n) is 4.33. The van der Waals surface area contributed by atoms with Gasteiger partial charge in [0.15, 0.2) is 6.29 Å². The second kappa shape index (κ2) is 5.95. The molecule has 0 aliphatic rings. The van der Waals surface area contributed by atoms with Crippen molar-refractivity contribution in [3.63, 3.8) is 0 Å². The van der Waals surface area contributed by atoms with Crippen LogP contribution < -0.4 is 5.73 Å². The van der Waals surface area contributed by atoms with Gasteiger partial charge in [-0.3, -0.25) is 0 Å². The van der Waals surface area contributed by atoms with Gasteiger partial charge in [0.1, 0.15) is 5.82 Å². The fourth-order valence-corrected chi connectivity index (χ4v) is 1.70. The number of nitrogens with zero attached hydrogens (tertiary/aromatic N) is 1. The molecule has 1 rings (SSSR count). The van der Waals surface area contributed by atoms with Crippen LogP contribution in [-0.2, 0) is 15.9 Å². The first kappa shape index (κ1) is 13.9. The van der Waals surface area contributed by atoms with E-state index in [2.05, 4.69) is 4.98 Å². The van der Waals surface area contributed by atoms with E-state index in [9.17, 15) is 5.11 Å². The molecule has 1 aromatic heterocycles. The number of hydrogen-bond donors (Lipinski definition) is 2. The van der Waals surface area contributed by atoms with Gasteiger partial charge >= 0.3 is 0 Å². The maximum Gasteiger partial charge on any atom is 0.159 e. The van der Waals surface area contributed by atoms with Crippen LogP contribution in [0.5, 0.6) is 0 Å². The van der Waals surface area contributed by atoms with Gasteiger partial charge in [-0.25, -0.2) is 4.98 Å². The van der Waals surface area contributed by atoms with Crippen molar-refractivity contribution in [3.8, 4) is 0 Å². The molecule has 0 fully saturated rings. The molecular formula is C12H20N2O3. The lowest BCUT2D eigenvalue weighted by atomic mass is 9.93. The fourth-order valence-electron chi connectivity index (χ4n) is 1.70. The van der Waals surface area contributed by atoms with E-state index in [1.165, 1.54) is 0 Å². The number of aromatic nitrogens is 1. The number of rotatable bonds is 6. The predicted octanol–water partition coefficient (Wildman–Crippen LogP) is 0.966. The van der Waals surface area contributed by atoms with E-state index in [1.807, 2.05) is 6.07 Å². The van der Waals surface area contributed by atoms with E-state index in [-0.39, 0.29) is 0 Å². The molecule has 0 saturated carbocycles. The van der Waals surface area contributed by atoms with Gasteiger partial charge in [-0.05, 0) is 18.6 Å². The first-order valence-corrected chi connectivity index (χ1v) is 5.46. The zero-order chi connectivity index (χ0) is 12.9. The molecule has 96 valence electrons. The molecule has 17 heavy (non-hydrogen) atoms. The normalized spacial score (nSPS) is 14.9. The van der Waals surface area contributed by atoms with Crippen molar-refractivity contribution in [2.45, 2.75) is 31.7 Å². The lowest BCUT2D eigenvalue weighted by molar-refractivity contribution is -0.139. The fraction of sp³-hybridized carbons (Fsp3) is 0.583. The van der Waals surface area contributed by atoms with Crippen molar-refractivity contribution in [2.75, 3.05) is 20.0 Å². The number of nitrogen functional groups attached to an aromatic ring is 1. The summed E-state index contributed by atoms with van der Waals surface area (Å²) >= 11 is 0. The van der Waals surface area contributed by atoms with Crippen LogP contribution in [0, 0.1) is 0 Å². The highest BCUT2D eigenvalue weighted by Crippen LogP contribution is 2.22. The van der Waals surface area contributed by atoms with Crippen LogP contribution in [-0.4, -0.2) is 36.2 Å². The summed E-state index contributed by atoms with van der Waals surface area (Å²) in [6, 6.07) is 3.65. The summed E-state index contributed by atoms with van der Waals surface area (Å²) < 4.78 is 10.1. The molecule has 1 heterocycles. The zero-order valence-electron chi connectivity index (χ0n) is 10.5. The third-order valence-corrected chi connectivity index (χ3v) is 2.63. The number of hydrogen-bond acceptors (Lipinski definition) is 5. The molecule has 1 atom stereocenters. The van der Waals surface area contributed by atoms with E-state index < -0.39 is 11.9 Å². The van der Waals surface area contributed by atoms with E-state index >= 15 is 0 Å². The Morgan fingerprint density at radius 3 is 2.65 bits per heavy atom. The highest BCUT2D eigenvalue weighted by Gasteiger charge is 2.26. The number of nitrogens with two attached hydrogens (primary N) is 1. The Balaban J connectivity index is 2.69. The lowest BCUT2D eigenvalue weighted by Gasteiger charge is -2.27. The van der Waals surface area contributed by atoms with Crippen molar-refractivity contribution in [1.82, 2.24) is 4.98 Å². The molecule has 0 amide bonds. The van der Waals surface area contributed by atoms with Crippen LogP contribution in [0.4, 0.5) is 5.82 Å². The SMILES string of the molecule is COC(CC(C)(O)Cc1cccnc1N)OC. The average Bonchev–Trinajstić information content (AvgIpc) is 2.29. The quantitative estimate of drug-likeness (QED) is 0.724. The molecule has 5 heteroatoms. The van der Waals surface area contributed by atoms with Crippen molar-refractivity contribution < 1.29 is 14.6 Å². The lowest BCUT2D eigenvalue weighted by Crippen LogP contribution is -2.34. The van der Waals surface area contributed by atoms with E-state index in [4.69, 9.17) is 15.2 Å². The molecule has 0 bridgehead atoms. The van der Waals surface area contributed by atoms with Gasteiger partial charge < -0.3 is 20.3 Å². The van der Waals surface area contributed by atoms with Crippen molar-refractivity contribution >= 4 is 5.82 Å². The highest BCUT2D eigenvalue weighted by atomic mass is 16.7. The van der Waals surface area contributed by atoms with E-state index in [0.717, 1.165) is 5.56 Å². The molecule has 0 radical (unpaired) electrons. The van der Waals surface area contributed by atoms with Crippen molar-refractivity contribution in [1.29, 1.82) is 0 Å². The minimum absolute atomic E-state index is 0.369. The first-order valence-electron chi connectivity index (χ1n) is 5.46. The standard InChI is InChI=1S/C12H20N2O3/c1-12(15,8-10(16-2)17-3)7-9-5-4-6-14-11(9)13/h4-6,10,15H,7-8H2,1-3H3,(H2,13,14). The Bertz CT molecular complexity index is 351. The number of anilines is 1. The summed E-state index contributed by atoms with van der Waals surface area (Å²) in [7, 11) is 3.09. The Labute approximate surface area is 102 Å². The Hall–Kier alpha value is -1.17. The Kier molecular flexibility index (Phi) is 4.86. The van der Waals surface area contributed by atoms with Gasteiger partial charge in [0.05, 0.1) is 5.60 Å². The molecule has 3 N–H and O–H groups in total. The molecule has 1 unspecified atom stereocenters. The van der Waals surface area contributed by atoms with Gasteiger partial charge in [0.2, 0.25) is 0 Å². The van der Waals surface area contributed by atoms with Crippen LogP contribution in [0.15, 0.2) is 18.3 Å². The summed E-state index contributed by atoms with van der Waals surface area (Å²) in [5, 5.41) is 10.3. The minimum Gasteiger partial charge on any atom is -0.390 e. The molecule has 0 aromatic carbocycles. The van der Waals surface area contributed by atoms with Crippen LogP contribution >= 0.6 is 0 Å². The molecule has 5 nitrogen and oxygen atoms in total. The van der Waals surface area contributed by atoms with Crippen LogP contribution in [0.25, 0.3) is 0 Å². The van der Waals surface area contributed by atoms with Gasteiger partial charge in [-0.15, -0.1) is 0 Å². The first-order chi connectivity index (χ1) is 7.98. The highest BCUT2D eigenvalue weighted by molar-refractivity contribution is 5.39. The molecule has 1 aromatic rings. The summed E-state index contributed by atoms with van der Waals surface area (Å²) in [5.74, 6) is 0.444. The van der Waals surface area contributed by atoms with Gasteiger partial charge in [0.25, 0.3) is 0 Å². The molecule has 0 aliphatic carbocycles. The number of pyridine rings is 1.